The molecule has 0 unspecified atom stereocenters. The van der Waals surface area contributed by atoms with Crippen LogP contribution >= 0.6 is 23.4 Å². The Labute approximate surface area is 156 Å². The fourth-order valence-electron chi connectivity index (χ4n) is 2.89. The van der Waals surface area contributed by atoms with Gasteiger partial charge in [-0.3, -0.25) is 0 Å². The van der Waals surface area contributed by atoms with Crippen LogP contribution in [0.1, 0.15) is 27.2 Å². The van der Waals surface area contributed by atoms with Gasteiger partial charge in [-0.05, 0) is 20.3 Å². The van der Waals surface area contributed by atoms with E-state index in [1.807, 2.05) is 19.9 Å². The van der Waals surface area contributed by atoms with Gasteiger partial charge in [0, 0.05) is 5.75 Å². The van der Waals surface area contributed by atoms with Gasteiger partial charge >= 0.3 is 0 Å². The maximum Gasteiger partial charge on any atom is 0.191 e. The van der Waals surface area contributed by atoms with Crippen molar-refractivity contribution in [2.24, 2.45) is 0 Å². The Kier molecular flexibility index (Phi) is 5.45. The number of nitrogen functional groups attached to an aromatic ring is 1. The van der Waals surface area contributed by atoms with E-state index in [4.69, 9.17) is 26.8 Å². The summed E-state index contributed by atoms with van der Waals surface area (Å²) in [6.45, 7) is 5.73. The molecular weight excluding hydrogens is 364 g/mol. The van der Waals surface area contributed by atoms with E-state index in [2.05, 4.69) is 22.2 Å². The minimum atomic E-state index is -0.765. The van der Waals surface area contributed by atoms with Gasteiger partial charge in [0.15, 0.2) is 21.9 Å². The summed E-state index contributed by atoms with van der Waals surface area (Å²) in [4.78, 5) is 8.68. The van der Waals surface area contributed by atoms with Gasteiger partial charge in [0.25, 0.3) is 0 Å². The third-order valence-electron chi connectivity index (χ3n) is 3.99. The Morgan fingerprint density at radius 1 is 1.32 bits per heavy atom. The minimum Gasteiger partial charge on any atom is -0.393 e. The van der Waals surface area contributed by atoms with E-state index in [0.29, 0.717) is 11.0 Å². The average molecular weight is 387 g/mol. The summed E-state index contributed by atoms with van der Waals surface area (Å²) >= 11 is 7.67. The van der Waals surface area contributed by atoms with Gasteiger partial charge in [0.05, 0.1) is 6.04 Å². The molecule has 0 radical (unpaired) electrons. The van der Waals surface area contributed by atoms with Crippen molar-refractivity contribution in [1.82, 2.24) is 9.97 Å². The number of fused-ring (bicyclic) bond motifs is 1. The second kappa shape index (κ2) is 7.28. The standard InChI is InChI=1S/C16H23ClN4O3S/c1-4-7-25-15-20-13(17)10(18)14(21-15)19-8-5-6-9(22)12-11(8)23-16(2,3)24-12/h5-6,8-9,11-12,22H,4,7,18H2,1-3H3,(H,19,20,21)/t8-,9+,11+,12-/m1/s1. The molecule has 3 rings (SSSR count). The number of thioether (sulfide) groups is 1. The number of ether oxygens (including phenoxy) is 2. The zero-order valence-electron chi connectivity index (χ0n) is 14.4. The highest BCUT2D eigenvalue weighted by atomic mass is 35.5. The van der Waals surface area contributed by atoms with Gasteiger partial charge in [-0.1, -0.05) is 42.4 Å². The van der Waals surface area contributed by atoms with Crippen LogP contribution in [0.4, 0.5) is 11.5 Å². The van der Waals surface area contributed by atoms with Gasteiger partial charge in [-0.2, -0.15) is 0 Å². The summed E-state index contributed by atoms with van der Waals surface area (Å²) in [6, 6.07) is -0.257. The Morgan fingerprint density at radius 3 is 2.76 bits per heavy atom. The maximum absolute atomic E-state index is 10.1. The molecule has 1 aliphatic carbocycles. The van der Waals surface area contributed by atoms with Crippen LogP contribution in [-0.2, 0) is 9.47 Å². The van der Waals surface area contributed by atoms with Crippen LogP contribution in [-0.4, -0.2) is 51.0 Å². The molecule has 0 amide bonds. The number of aliphatic hydroxyl groups excluding tert-OH is 1. The lowest BCUT2D eigenvalue weighted by atomic mass is 9.94. The number of rotatable bonds is 5. The highest BCUT2D eigenvalue weighted by Crippen LogP contribution is 2.36. The first-order chi connectivity index (χ1) is 11.8. The van der Waals surface area contributed by atoms with Crippen LogP contribution in [0, 0.1) is 0 Å². The molecule has 0 spiro atoms. The molecule has 2 heterocycles. The first kappa shape index (κ1) is 18.7. The summed E-state index contributed by atoms with van der Waals surface area (Å²) in [5.74, 6) is 0.585. The number of nitrogens with one attached hydrogen (secondary N) is 1. The molecule has 0 aromatic carbocycles. The summed E-state index contributed by atoms with van der Waals surface area (Å²) in [5, 5.41) is 14.2. The molecule has 1 aliphatic heterocycles. The normalized spacial score (nSPS) is 30.3. The molecule has 2 aliphatic rings. The molecule has 0 saturated carbocycles. The topological polar surface area (TPSA) is 103 Å². The van der Waals surface area contributed by atoms with E-state index >= 15 is 0 Å². The fourth-order valence-corrected chi connectivity index (χ4v) is 3.81. The molecule has 138 valence electrons. The third-order valence-corrected chi connectivity index (χ3v) is 5.33. The molecule has 1 aromatic heterocycles. The van der Waals surface area contributed by atoms with Crippen molar-refractivity contribution < 1.29 is 14.6 Å². The summed E-state index contributed by atoms with van der Waals surface area (Å²) < 4.78 is 11.8. The van der Waals surface area contributed by atoms with Crippen molar-refractivity contribution in [1.29, 1.82) is 0 Å². The van der Waals surface area contributed by atoms with E-state index in [9.17, 15) is 5.11 Å². The summed E-state index contributed by atoms with van der Waals surface area (Å²) in [7, 11) is 0. The lowest BCUT2D eigenvalue weighted by molar-refractivity contribution is -0.152. The average Bonchev–Trinajstić information content (AvgIpc) is 2.89. The van der Waals surface area contributed by atoms with Gasteiger partial charge in [-0.25, -0.2) is 9.97 Å². The van der Waals surface area contributed by atoms with Gasteiger partial charge in [0.2, 0.25) is 0 Å². The molecule has 4 N–H and O–H groups in total. The second-order valence-corrected chi connectivity index (χ2v) is 7.94. The van der Waals surface area contributed by atoms with Crippen LogP contribution in [0.5, 0.6) is 0 Å². The van der Waals surface area contributed by atoms with Crippen LogP contribution < -0.4 is 11.1 Å². The summed E-state index contributed by atoms with van der Waals surface area (Å²) in [5.41, 5.74) is 6.33. The number of anilines is 2. The third kappa shape index (κ3) is 4.03. The minimum absolute atomic E-state index is 0.219. The van der Waals surface area contributed by atoms with Crippen LogP contribution in [0.15, 0.2) is 17.3 Å². The van der Waals surface area contributed by atoms with E-state index in [-0.39, 0.29) is 23.0 Å². The van der Waals surface area contributed by atoms with E-state index < -0.39 is 18.0 Å². The Hall–Kier alpha value is -1.06. The van der Waals surface area contributed by atoms with E-state index in [0.717, 1.165) is 12.2 Å². The number of aliphatic hydroxyl groups is 1. The summed E-state index contributed by atoms with van der Waals surface area (Å²) in [6.07, 6.45) is 3.00. The van der Waals surface area contributed by atoms with Crippen molar-refractivity contribution in [3.8, 4) is 0 Å². The molecule has 1 fully saturated rings. The Balaban J connectivity index is 1.84. The molecule has 25 heavy (non-hydrogen) atoms. The first-order valence-corrected chi connectivity index (χ1v) is 9.61. The number of halogens is 1. The maximum atomic E-state index is 10.1. The monoisotopic (exact) mass is 386 g/mol. The van der Waals surface area contributed by atoms with Gasteiger partial charge in [0.1, 0.15) is 24.0 Å². The van der Waals surface area contributed by atoms with Crippen molar-refractivity contribution in [3.05, 3.63) is 17.3 Å². The van der Waals surface area contributed by atoms with Crippen LogP contribution in [0.25, 0.3) is 0 Å². The lowest BCUT2D eigenvalue weighted by Gasteiger charge is -2.31. The van der Waals surface area contributed by atoms with Crippen molar-refractivity contribution >= 4 is 34.9 Å². The number of hydrogen-bond acceptors (Lipinski definition) is 8. The number of hydrogen-bond donors (Lipinski definition) is 3. The molecule has 1 aromatic rings. The van der Waals surface area contributed by atoms with Crippen LogP contribution in [0.3, 0.4) is 0 Å². The highest BCUT2D eigenvalue weighted by molar-refractivity contribution is 7.99. The highest BCUT2D eigenvalue weighted by Gasteiger charge is 2.49. The largest absolute Gasteiger partial charge is 0.393 e. The quantitative estimate of drug-likeness (QED) is 0.307. The fraction of sp³-hybridized carbons (Fsp3) is 0.625. The first-order valence-electron chi connectivity index (χ1n) is 8.25. The smallest absolute Gasteiger partial charge is 0.191 e. The van der Waals surface area contributed by atoms with Crippen molar-refractivity contribution in [2.75, 3.05) is 16.8 Å². The van der Waals surface area contributed by atoms with Gasteiger partial charge in [-0.15, -0.1) is 0 Å². The Morgan fingerprint density at radius 2 is 2.04 bits per heavy atom. The number of aromatic nitrogens is 2. The molecule has 0 bridgehead atoms. The molecule has 7 nitrogen and oxygen atoms in total. The second-order valence-electron chi connectivity index (χ2n) is 6.52. The van der Waals surface area contributed by atoms with Gasteiger partial charge < -0.3 is 25.6 Å². The lowest BCUT2D eigenvalue weighted by Crippen LogP contribution is -2.47. The predicted molar refractivity (Wildman–Crippen MR) is 98.9 cm³/mol. The van der Waals surface area contributed by atoms with E-state index in [1.54, 1.807) is 6.08 Å². The van der Waals surface area contributed by atoms with Crippen molar-refractivity contribution in [3.63, 3.8) is 0 Å². The molecular formula is C16H23ClN4O3S. The SMILES string of the molecule is CCCSc1nc(Cl)c(N)c(N[C@@H]2C=C[C@H](O)[C@H]3OC(C)(C)O[C@H]32)n1. The molecule has 9 heteroatoms. The van der Waals surface area contributed by atoms with Crippen LogP contribution in [0.2, 0.25) is 5.15 Å². The zero-order valence-corrected chi connectivity index (χ0v) is 16.0. The zero-order chi connectivity index (χ0) is 18.2. The predicted octanol–water partition coefficient (Wildman–Crippen LogP) is 2.45. The Bertz CT molecular complexity index is 673. The molecule has 4 atom stereocenters. The van der Waals surface area contributed by atoms with E-state index in [1.165, 1.54) is 11.8 Å². The number of nitrogens with zero attached hydrogens (tertiary/aromatic N) is 2. The molecule has 1 saturated heterocycles. The van der Waals surface area contributed by atoms with Crippen molar-refractivity contribution in [2.45, 2.75) is 62.5 Å². The number of nitrogens with two attached hydrogens (primary N) is 1.